The van der Waals surface area contributed by atoms with Crippen LogP contribution in [0.15, 0.2) is 22.8 Å². The maximum absolute atomic E-state index is 12.2. The van der Waals surface area contributed by atoms with Crippen LogP contribution in [0.4, 0.5) is 0 Å². The quantitative estimate of drug-likeness (QED) is 0.778. The number of cyclic esters (lactones) is 1. The second kappa shape index (κ2) is 5.78. The van der Waals surface area contributed by atoms with Gasteiger partial charge in [0.1, 0.15) is 6.10 Å². The number of esters is 1. The van der Waals surface area contributed by atoms with E-state index in [0.29, 0.717) is 25.4 Å². The van der Waals surface area contributed by atoms with E-state index in [1.807, 2.05) is 19.1 Å². The average Bonchev–Trinajstić information content (AvgIpc) is 3.02. The van der Waals surface area contributed by atoms with Crippen LogP contribution in [0.2, 0.25) is 0 Å². The molecule has 7 atom stereocenters. The lowest BCUT2D eigenvalue weighted by Crippen LogP contribution is -2.55. The molecule has 3 heterocycles. The normalized spacial score (nSPS) is 44.1. The van der Waals surface area contributed by atoms with Gasteiger partial charge in [0.25, 0.3) is 0 Å². The fourth-order valence-corrected chi connectivity index (χ4v) is 5.30. The number of aliphatic hydroxyl groups is 1. The Morgan fingerprint density at radius 2 is 2.21 bits per heavy atom. The summed E-state index contributed by atoms with van der Waals surface area (Å²) in [5.74, 6) is 0.0437. The Kier molecular flexibility index (Phi) is 3.97. The molecular weight excluding hydrogens is 374 g/mol. The number of carbonyl (C=O) groups is 1. The predicted molar refractivity (Wildman–Crippen MR) is 90.1 cm³/mol. The molecule has 6 heteroatoms. The summed E-state index contributed by atoms with van der Waals surface area (Å²) in [5, 5.41) is 11.0. The summed E-state index contributed by atoms with van der Waals surface area (Å²) in [4.78, 5) is 16.7. The fourth-order valence-electron chi connectivity index (χ4n) is 5.06. The number of aromatic nitrogens is 1. The molecule has 2 aliphatic heterocycles. The third-order valence-electron chi connectivity index (χ3n) is 6.11. The molecule has 1 aromatic rings. The molecule has 0 radical (unpaired) electrons. The Bertz CT molecular complexity index is 651. The third-order valence-corrected chi connectivity index (χ3v) is 6.58. The van der Waals surface area contributed by atoms with Crippen molar-refractivity contribution < 1.29 is 19.4 Å². The molecule has 1 aliphatic carbocycles. The Morgan fingerprint density at radius 1 is 1.42 bits per heavy atom. The third kappa shape index (κ3) is 2.42. The minimum absolute atomic E-state index is 0.0418. The number of rotatable bonds is 2. The molecule has 1 aromatic heterocycles. The van der Waals surface area contributed by atoms with Crippen molar-refractivity contribution in [2.24, 2.45) is 23.7 Å². The lowest BCUT2D eigenvalue weighted by atomic mass is 9.59. The highest BCUT2D eigenvalue weighted by atomic mass is 79.9. The van der Waals surface area contributed by atoms with Crippen molar-refractivity contribution in [3.8, 4) is 0 Å². The maximum Gasteiger partial charge on any atom is 0.338 e. The van der Waals surface area contributed by atoms with Gasteiger partial charge in [0.05, 0.1) is 12.7 Å². The van der Waals surface area contributed by atoms with E-state index in [1.165, 1.54) is 0 Å². The van der Waals surface area contributed by atoms with Gasteiger partial charge in [0, 0.05) is 34.6 Å². The first-order chi connectivity index (χ1) is 11.4. The number of nitrogens with zero attached hydrogens (tertiary/aromatic N) is 1. The standard InChI is InChI=1S/C18H22BrNO4/c1-9-6-18(22)16(10(2)24-17(18)21)15-13(9)8-23-14(15)5-12-4-3-11(19)7-20-12/h3-4,7,9-10,13-16,22H,5-6,8H2,1-2H3/t9-,10+,13+,14-,15+,16-,18-/m0/s1. The van der Waals surface area contributed by atoms with Crippen molar-refractivity contribution in [3.63, 3.8) is 0 Å². The molecule has 0 unspecified atom stereocenters. The van der Waals surface area contributed by atoms with Crippen molar-refractivity contribution in [2.75, 3.05) is 6.61 Å². The lowest BCUT2D eigenvalue weighted by Gasteiger charge is -2.44. The van der Waals surface area contributed by atoms with Gasteiger partial charge in [-0.25, -0.2) is 4.79 Å². The molecule has 0 aromatic carbocycles. The first-order valence-electron chi connectivity index (χ1n) is 8.55. The van der Waals surface area contributed by atoms with Crippen LogP contribution in [-0.4, -0.2) is 40.5 Å². The Morgan fingerprint density at radius 3 is 2.92 bits per heavy atom. The van der Waals surface area contributed by atoms with E-state index in [4.69, 9.17) is 9.47 Å². The molecule has 130 valence electrons. The fraction of sp³-hybridized carbons (Fsp3) is 0.667. The molecule has 5 nitrogen and oxygen atoms in total. The van der Waals surface area contributed by atoms with Crippen LogP contribution in [0.1, 0.15) is 26.0 Å². The van der Waals surface area contributed by atoms with E-state index in [-0.39, 0.29) is 30.0 Å². The largest absolute Gasteiger partial charge is 0.460 e. The van der Waals surface area contributed by atoms with Crippen LogP contribution in [0.25, 0.3) is 0 Å². The topological polar surface area (TPSA) is 68.7 Å². The molecule has 0 bridgehead atoms. The Balaban J connectivity index is 1.64. The van der Waals surface area contributed by atoms with Gasteiger partial charge in [-0.3, -0.25) is 4.98 Å². The van der Waals surface area contributed by atoms with Crippen molar-refractivity contribution >= 4 is 21.9 Å². The first kappa shape index (κ1) is 16.5. The lowest BCUT2D eigenvalue weighted by molar-refractivity contribution is -0.161. The van der Waals surface area contributed by atoms with E-state index >= 15 is 0 Å². The highest BCUT2D eigenvalue weighted by molar-refractivity contribution is 9.10. The smallest absolute Gasteiger partial charge is 0.338 e. The highest BCUT2D eigenvalue weighted by Gasteiger charge is 2.65. The maximum atomic E-state index is 12.2. The van der Waals surface area contributed by atoms with Gasteiger partial charge in [-0.15, -0.1) is 0 Å². The summed E-state index contributed by atoms with van der Waals surface area (Å²) in [6, 6.07) is 3.96. The van der Waals surface area contributed by atoms with Crippen LogP contribution >= 0.6 is 15.9 Å². The van der Waals surface area contributed by atoms with Crippen LogP contribution in [0.5, 0.6) is 0 Å². The van der Waals surface area contributed by atoms with Crippen molar-refractivity contribution in [3.05, 3.63) is 28.5 Å². The number of pyridine rings is 1. The number of hydrogen-bond acceptors (Lipinski definition) is 5. The summed E-state index contributed by atoms with van der Waals surface area (Å²) in [6.07, 6.45) is 2.62. The van der Waals surface area contributed by atoms with Crippen molar-refractivity contribution in [2.45, 2.75) is 44.5 Å². The molecule has 0 spiro atoms. The van der Waals surface area contributed by atoms with Gasteiger partial charge in [-0.05, 0) is 53.2 Å². The summed E-state index contributed by atoms with van der Waals surface area (Å²) in [5.41, 5.74) is -0.400. The van der Waals surface area contributed by atoms with Crippen LogP contribution in [0, 0.1) is 23.7 Å². The Labute approximate surface area is 149 Å². The van der Waals surface area contributed by atoms with Gasteiger partial charge in [-0.2, -0.15) is 0 Å². The molecule has 3 fully saturated rings. The van der Waals surface area contributed by atoms with Gasteiger partial charge in [0.15, 0.2) is 5.60 Å². The number of carbonyl (C=O) groups excluding carboxylic acids is 1. The number of halogens is 1. The summed E-state index contributed by atoms with van der Waals surface area (Å²) in [7, 11) is 0. The number of hydrogen-bond donors (Lipinski definition) is 1. The predicted octanol–water partition coefficient (Wildman–Crippen LogP) is 2.35. The summed E-state index contributed by atoms with van der Waals surface area (Å²) >= 11 is 3.40. The summed E-state index contributed by atoms with van der Waals surface area (Å²) in [6.45, 7) is 4.67. The van der Waals surface area contributed by atoms with Gasteiger partial charge in [-0.1, -0.05) is 6.92 Å². The second-order valence-electron chi connectivity index (χ2n) is 7.53. The van der Waals surface area contributed by atoms with Crippen molar-refractivity contribution in [1.29, 1.82) is 0 Å². The van der Waals surface area contributed by atoms with Crippen LogP contribution in [-0.2, 0) is 20.7 Å². The van der Waals surface area contributed by atoms with E-state index in [9.17, 15) is 9.90 Å². The second-order valence-corrected chi connectivity index (χ2v) is 8.44. The zero-order valence-electron chi connectivity index (χ0n) is 13.8. The van der Waals surface area contributed by atoms with E-state index in [1.54, 1.807) is 6.20 Å². The molecule has 2 saturated heterocycles. The first-order valence-corrected chi connectivity index (χ1v) is 9.35. The molecule has 0 amide bonds. The monoisotopic (exact) mass is 395 g/mol. The molecule has 1 saturated carbocycles. The molecule has 3 aliphatic rings. The van der Waals surface area contributed by atoms with E-state index in [0.717, 1.165) is 10.2 Å². The minimum atomic E-state index is -1.36. The molecule has 24 heavy (non-hydrogen) atoms. The van der Waals surface area contributed by atoms with E-state index in [2.05, 4.69) is 27.8 Å². The average molecular weight is 396 g/mol. The summed E-state index contributed by atoms with van der Waals surface area (Å²) < 4.78 is 12.5. The Hall–Kier alpha value is -0.980. The minimum Gasteiger partial charge on any atom is -0.460 e. The zero-order valence-corrected chi connectivity index (χ0v) is 15.4. The van der Waals surface area contributed by atoms with Crippen LogP contribution in [0.3, 0.4) is 0 Å². The molecule has 1 N–H and O–H groups in total. The van der Waals surface area contributed by atoms with Gasteiger partial charge in [0.2, 0.25) is 0 Å². The van der Waals surface area contributed by atoms with Gasteiger partial charge >= 0.3 is 5.97 Å². The molecular formula is C18H22BrNO4. The van der Waals surface area contributed by atoms with E-state index < -0.39 is 11.6 Å². The van der Waals surface area contributed by atoms with Crippen molar-refractivity contribution in [1.82, 2.24) is 4.98 Å². The number of ether oxygens (including phenoxy) is 2. The SMILES string of the molecule is C[C@H]1C[C@@]2(O)C(=O)O[C@H](C)[C@H]2[C@@H]2[C@@H]1CO[C@H]2Cc1ccc(Br)cn1. The van der Waals surface area contributed by atoms with Crippen LogP contribution < -0.4 is 0 Å². The number of fused-ring (bicyclic) bond motifs is 3. The highest BCUT2D eigenvalue weighted by Crippen LogP contribution is 2.55. The molecule has 4 rings (SSSR count). The van der Waals surface area contributed by atoms with Gasteiger partial charge < -0.3 is 14.6 Å². The zero-order chi connectivity index (χ0) is 17.1.